The van der Waals surface area contributed by atoms with Gasteiger partial charge in [0.05, 0.1) is 32.0 Å². The minimum Gasteiger partial charge on any atom is -0.481 e. The van der Waals surface area contributed by atoms with Crippen LogP contribution in [0.2, 0.25) is 0 Å². The standard InChI is InChI=1S/C37H44N2O8/c40-25-26-7-9-29(10-8-26)33-22-32(24-39-17-15-37(16-18-39)44-19-20-45-37)46-36(47-33)30-13-11-28(12-14-30)31-4-1-3-27(21-31)23-38-34(41)5-2-6-35(42)43/h1,3-4,7-14,21,32-33,36,40H,2,5-6,15-20,22-25H2,(H,38,41)(H,42,43)/t32-,33+,36+/m0/s1. The molecular formula is C37H44N2O8. The van der Waals surface area contributed by atoms with Crippen molar-refractivity contribution in [3.8, 4) is 11.1 Å². The van der Waals surface area contributed by atoms with E-state index in [0.717, 1.165) is 72.3 Å². The van der Waals surface area contributed by atoms with Gasteiger partial charge in [-0.3, -0.25) is 9.59 Å². The minimum atomic E-state index is -0.896. The molecule has 47 heavy (non-hydrogen) atoms. The van der Waals surface area contributed by atoms with E-state index < -0.39 is 18.0 Å². The van der Waals surface area contributed by atoms with Crippen LogP contribution < -0.4 is 5.32 Å². The Hall–Kier alpha value is -3.64. The van der Waals surface area contributed by atoms with Crippen molar-refractivity contribution < 1.29 is 38.7 Å². The number of benzene rings is 3. The average molecular weight is 645 g/mol. The van der Waals surface area contributed by atoms with Crippen molar-refractivity contribution in [3.05, 3.63) is 95.1 Å². The molecule has 6 rings (SSSR count). The van der Waals surface area contributed by atoms with Gasteiger partial charge in [-0.05, 0) is 40.3 Å². The number of ether oxygens (including phenoxy) is 4. The number of amides is 1. The highest BCUT2D eigenvalue weighted by molar-refractivity contribution is 5.76. The number of hydrogen-bond acceptors (Lipinski definition) is 8. The molecule has 0 unspecified atom stereocenters. The number of carbonyl (C=O) groups is 2. The molecule has 10 heteroatoms. The summed E-state index contributed by atoms with van der Waals surface area (Å²) >= 11 is 0. The summed E-state index contributed by atoms with van der Waals surface area (Å²) in [5.41, 5.74) is 5.89. The predicted octanol–water partition coefficient (Wildman–Crippen LogP) is 5.10. The zero-order chi connectivity index (χ0) is 32.6. The largest absolute Gasteiger partial charge is 0.481 e. The van der Waals surface area contributed by atoms with Gasteiger partial charge in [0.25, 0.3) is 0 Å². The minimum absolute atomic E-state index is 0.00252. The lowest BCUT2D eigenvalue weighted by molar-refractivity contribution is -0.255. The van der Waals surface area contributed by atoms with Crippen molar-refractivity contribution >= 4 is 11.9 Å². The molecule has 0 aromatic heterocycles. The summed E-state index contributed by atoms with van der Waals surface area (Å²) in [5.74, 6) is -1.46. The first kappa shape index (κ1) is 33.3. The normalized spacial score (nSPS) is 22.7. The Labute approximate surface area is 275 Å². The number of aliphatic hydroxyl groups excluding tert-OH is 1. The van der Waals surface area contributed by atoms with E-state index in [-0.39, 0.29) is 37.6 Å². The number of aliphatic carboxylic acids is 1. The van der Waals surface area contributed by atoms with Crippen molar-refractivity contribution in [2.45, 2.75) is 76.0 Å². The molecule has 0 aliphatic carbocycles. The third kappa shape index (κ3) is 8.84. The number of hydrogen-bond donors (Lipinski definition) is 3. The summed E-state index contributed by atoms with van der Waals surface area (Å²) in [7, 11) is 0. The number of piperidine rings is 1. The summed E-state index contributed by atoms with van der Waals surface area (Å²) in [5, 5.41) is 21.2. The summed E-state index contributed by atoms with van der Waals surface area (Å²) in [6.45, 7) is 4.29. The second kappa shape index (κ2) is 15.5. The average Bonchev–Trinajstić information content (AvgIpc) is 3.56. The van der Waals surface area contributed by atoms with Crippen LogP contribution in [-0.4, -0.2) is 71.7 Å². The van der Waals surface area contributed by atoms with Crippen molar-refractivity contribution in [1.29, 1.82) is 0 Å². The van der Waals surface area contributed by atoms with E-state index in [9.17, 15) is 14.7 Å². The second-order valence-electron chi connectivity index (χ2n) is 12.6. The zero-order valence-corrected chi connectivity index (χ0v) is 26.6. The van der Waals surface area contributed by atoms with E-state index in [4.69, 9.17) is 24.1 Å². The highest BCUT2D eigenvalue weighted by Gasteiger charge is 2.41. The molecule has 3 fully saturated rings. The van der Waals surface area contributed by atoms with Gasteiger partial charge in [0, 0.05) is 63.8 Å². The highest BCUT2D eigenvalue weighted by Crippen LogP contribution is 2.39. The van der Waals surface area contributed by atoms with Gasteiger partial charge in [-0.2, -0.15) is 0 Å². The maximum Gasteiger partial charge on any atom is 0.303 e. The number of rotatable bonds is 12. The summed E-state index contributed by atoms with van der Waals surface area (Å²) in [6, 6.07) is 24.2. The lowest BCUT2D eigenvalue weighted by Gasteiger charge is -2.41. The molecule has 3 atom stereocenters. The number of carbonyl (C=O) groups excluding carboxylic acids is 1. The van der Waals surface area contributed by atoms with Gasteiger partial charge in [0.1, 0.15) is 0 Å². The Bertz CT molecular complexity index is 1480. The van der Waals surface area contributed by atoms with Crippen LogP contribution in [0.3, 0.4) is 0 Å². The molecule has 0 bridgehead atoms. The number of carboxylic acids is 1. The number of nitrogens with one attached hydrogen (secondary N) is 1. The molecule has 0 radical (unpaired) electrons. The van der Waals surface area contributed by atoms with Crippen molar-refractivity contribution in [1.82, 2.24) is 10.2 Å². The maximum absolute atomic E-state index is 12.1. The summed E-state index contributed by atoms with van der Waals surface area (Å²) < 4.78 is 25.0. The number of carboxylic acid groups (broad SMARTS) is 1. The molecule has 3 aromatic carbocycles. The second-order valence-corrected chi connectivity index (χ2v) is 12.6. The van der Waals surface area contributed by atoms with Gasteiger partial charge in [-0.1, -0.05) is 66.7 Å². The molecule has 3 saturated heterocycles. The molecule has 3 aliphatic rings. The van der Waals surface area contributed by atoms with E-state index in [2.05, 4.69) is 22.3 Å². The van der Waals surface area contributed by atoms with Crippen LogP contribution in [0.25, 0.3) is 11.1 Å². The van der Waals surface area contributed by atoms with Gasteiger partial charge in [0.15, 0.2) is 12.1 Å². The SMILES string of the molecule is O=C(O)CCCC(=O)NCc1cccc(-c2ccc([C@@H]3O[C@H](CN4CCC5(CC4)OCCO5)C[C@H](c4ccc(CO)cc4)O3)cc2)c1. The van der Waals surface area contributed by atoms with Crippen LogP contribution in [0.1, 0.15) is 73.2 Å². The van der Waals surface area contributed by atoms with Gasteiger partial charge in [-0.25, -0.2) is 0 Å². The van der Waals surface area contributed by atoms with Crippen LogP contribution in [-0.2, 0) is 41.7 Å². The fraction of sp³-hybridized carbons (Fsp3) is 0.459. The summed E-state index contributed by atoms with van der Waals surface area (Å²) in [6.07, 6.45) is 2.21. The van der Waals surface area contributed by atoms with Gasteiger partial charge in [0.2, 0.25) is 5.91 Å². The Morgan fingerprint density at radius 2 is 1.57 bits per heavy atom. The van der Waals surface area contributed by atoms with Gasteiger partial charge >= 0.3 is 5.97 Å². The summed E-state index contributed by atoms with van der Waals surface area (Å²) in [4.78, 5) is 25.3. The Morgan fingerprint density at radius 3 is 2.28 bits per heavy atom. The molecule has 3 aliphatic heterocycles. The van der Waals surface area contributed by atoms with Crippen molar-refractivity contribution in [2.24, 2.45) is 0 Å². The predicted molar refractivity (Wildman–Crippen MR) is 174 cm³/mol. The zero-order valence-electron chi connectivity index (χ0n) is 26.6. The molecule has 10 nitrogen and oxygen atoms in total. The number of aliphatic hydroxyl groups is 1. The Kier molecular flexibility index (Phi) is 11.0. The lowest BCUT2D eigenvalue weighted by atomic mass is 9.98. The topological polar surface area (TPSA) is 127 Å². The highest BCUT2D eigenvalue weighted by atomic mass is 16.7. The fourth-order valence-electron chi connectivity index (χ4n) is 6.57. The number of likely N-dealkylation sites (tertiary alicyclic amines) is 1. The van der Waals surface area contributed by atoms with Crippen LogP contribution in [0.5, 0.6) is 0 Å². The lowest BCUT2D eigenvalue weighted by Crippen LogP contribution is -2.48. The molecule has 0 saturated carbocycles. The monoisotopic (exact) mass is 644 g/mol. The molecular weight excluding hydrogens is 600 g/mol. The van der Waals surface area contributed by atoms with Gasteiger partial charge < -0.3 is 39.4 Å². The van der Waals surface area contributed by atoms with Crippen LogP contribution in [0.15, 0.2) is 72.8 Å². The van der Waals surface area contributed by atoms with Crippen molar-refractivity contribution in [3.63, 3.8) is 0 Å². The van der Waals surface area contributed by atoms with E-state index in [1.807, 2.05) is 60.7 Å². The molecule has 250 valence electrons. The molecule has 3 heterocycles. The molecule has 1 spiro atoms. The first-order valence-electron chi connectivity index (χ1n) is 16.6. The van der Waals surface area contributed by atoms with Crippen molar-refractivity contribution in [2.75, 3.05) is 32.8 Å². The smallest absolute Gasteiger partial charge is 0.303 e. The van der Waals surface area contributed by atoms with Crippen LogP contribution in [0, 0.1) is 0 Å². The third-order valence-electron chi connectivity index (χ3n) is 9.24. The van der Waals surface area contributed by atoms with Crippen LogP contribution >= 0.6 is 0 Å². The Balaban J connectivity index is 1.11. The molecule has 1 amide bonds. The van der Waals surface area contributed by atoms with Crippen LogP contribution in [0.4, 0.5) is 0 Å². The molecule has 3 N–H and O–H groups in total. The van der Waals surface area contributed by atoms with E-state index in [1.165, 1.54) is 0 Å². The van der Waals surface area contributed by atoms with Gasteiger partial charge in [-0.15, -0.1) is 0 Å². The first-order chi connectivity index (χ1) is 22.9. The number of nitrogens with zero attached hydrogens (tertiary/aromatic N) is 1. The molecule has 3 aromatic rings. The van der Waals surface area contributed by atoms with E-state index in [0.29, 0.717) is 26.2 Å². The van der Waals surface area contributed by atoms with E-state index >= 15 is 0 Å². The Morgan fingerprint density at radius 1 is 0.851 bits per heavy atom. The first-order valence-corrected chi connectivity index (χ1v) is 16.6. The third-order valence-corrected chi connectivity index (χ3v) is 9.24. The maximum atomic E-state index is 12.1. The fourth-order valence-corrected chi connectivity index (χ4v) is 6.57. The quantitative estimate of drug-likeness (QED) is 0.247. The van der Waals surface area contributed by atoms with E-state index in [1.54, 1.807) is 0 Å².